The fourth-order valence-electron chi connectivity index (χ4n) is 1.95. The summed E-state index contributed by atoms with van der Waals surface area (Å²) < 4.78 is 16.6. The summed E-state index contributed by atoms with van der Waals surface area (Å²) in [6.45, 7) is 2.82. The minimum Gasteiger partial charge on any atom is -0.494 e. The highest BCUT2D eigenvalue weighted by Crippen LogP contribution is 2.20. The van der Waals surface area contributed by atoms with Crippen molar-refractivity contribution in [2.75, 3.05) is 6.61 Å². The zero-order valence-corrected chi connectivity index (χ0v) is 12.2. The first-order valence-corrected chi connectivity index (χ1v) is 7.08. The molecule has 0 radical (unpaired) electrons. The molecule has 2 aromatic carbocycles. The number of ether oxygens (including phenoxy) is 2. The van der Waals surface area contributed by atoms with E-state index in [4.69, 9.17) is 13.9 Å². The van der Waals surface area contributed by atoms with E-state index in [1.807, 2.05) is 61.5 Å². The standard InChI is InChI=1S/C17H16N2O3/c1-2-20-14-8-10-15(11-9-14)21-12-16-18-19-17(22-16)13-6-4-3-5-7-13/h3-11H,2,12H2,1H3. The van der Waals surface area contributed by atoms with Crippen molar-refractivity contribution in [1.82, 2.24) is 10.2 Å². The molecular weight excluding hydrogens is 280 g/mol. The van der Waals surface area contributed by atoms with Crippen molar-refractivity contribution < 1.29 is 13.9 Å². The van der Waals surface area contributed by atoms with Crippen LogP contribution in [0.5, 0.6) is 11.5 Å². The highest BCUT2D eigenvalue weighted by molar-refractivity contribution is 5.51. The summed E-state index contributed by atoms with van der Waals surface area (Å²) in [5.74, 6) is 2.47. The Hall–Kier alpha value is -2.82. The zero-order valence-electron chi connectivity index (χ0n) is 12.2. The van der Waals surface area contributed by atoms with Crippen LogP contribution in [0.25, 0.3) is 11.5 Å². The highest BCUT2D eigenvalue weighted by Gasteiger charge is 2.08. The van der Waals surface area contributed by atoms with Gasteiger partial charge in [-0.05, 0) is 43.3 Å². The maximum absolute atomic E-state index is 5.62. The lowest BCUT2D eigenvalue weighted by Gasteiger charge is -2.05. The van der Waals surface area contributed by atoms with Crippen molar-refractivity contribution in [3.8, 4) is 23.0 Å². The Bertz CT molecular complexity index is 708. The van der Waals surface area contributed by atoms with Crippen LogP contribution < -0.4 is 9.47 Å². The molecule has 0 aliphatic rings. The van der Waals surface area contributed by atoms with Gasteiger partial charge in [0.05, 0.1) is 6.61 Å². The summed E-state index contributed by atoms with van der Waals surface area (Å²) in [7, 11) is 0. The summed E-state index contributed by atoms with van der Waals surface area (Å²) in [5.41, 5.74) is 0.891. The van der Waals surface area contributed by atoms with E-state index in [0.29, 0.717) is 18.4 Å². The van der Waals surface area contributed by atoms with Crippen molar-refractivity contribution >= 4 is 0 Å². The molecule has 0 aliphatic carbocycles. The SMILES string of the molecule is CCOc1ccc(OCc2nnc(-c3ccccc3)o2)cc1. The van der Waals surface area contributed by atoms with E-state index in [-0.39, 0.29) is 6.61 Å². The predicted octanol–water partition coefficient (Wildman–Crippen LogP) is 3.71. The molecule has 0 unspecified atom stereocenters. The third-order valence-corrected chi connectivity index (χ3v) is 2.98. The van der Waals surface area contributed by atoms with Gasteiger partial charge >= 0.3 is 0 Å². The molecule has 0 amide bonds. The van der Waals surface area contributed by atoms with Gasteiger partial charge in [0.25, 0.3) is 5.89 Å². The molecule has 112 valence electrons. The maximum atomic E-state index is 5.62. The van der Waals surface area contributed by atoms with E-state index >= 15 is 0 Å². The molecule has 0 aliphatic heterocycles. The van der Waals surface area contributed by atoms with Gasteiger partial charge in [-0.1, -0.05) is 18.2 Å². The van der Waals surface area contributed by atoms with Crippen LogP contribution in [0.2, 0.25) is 0 Å². The Labute approximate surface area is 128 Å². The van der Waals surface area contributed by atoms with Gasteiger partial charge in [0, 0.05) is 5.56 Å². The van der Waals surface area contributed by atoms with Gasteiger partial charge < -0.3 is 13.9 Å². The summed E-state index contributed by atoms with van der Waals surface area (Å²) in [4.78, 5) is 0. The topological polar surface area (TPSA) is 57.4 Å². The first kappa shape index (κ1) is 14.1. The van der Waals surface area contributed by atoms with Gasteiger partial charge in [-0.2, -0.15) is 0 Å². The predicted molar refractivity (Wildman–Crippen MR) is 81.7 cm³/mol. The van der Waals surface area contributed by atoms with E-state index in [9.17, 15) is 0 Å². The fourth-order valence-corrected chi connectivity index (χ4v) is 1.95. The van der Waals surface area contributed by atoms with Gasteiger partial charge in [0.1, 0.15) is 11.5 Å². The Morgan fingerprint density at radius 2 is 1.55 bits per heavy atom. The van der Waals surface area contributed by atoms with E-state index in [2.05, 4.69) is 10.2 Å². The quantitative estimate of drug-likeness (QED) is 0.694. The Morgan fingerprint density at radius 3 is 2.23 bits per heavy atom. The molecule has 0 saturated carbocycles. The van der Waals surface area contributed by atoms with Crippen LogP contribution in [0.4, 0.5) is 0 Å². The molecule has 0 N–H and O–H groups in total. The molecule has 3 aromatic rings. The van der Waals surface area contributed by atoms with E-state index < -0.39 is 0 Å². The van der Waals surface area contributed by atoms with Crippen LogP contribution in [-0.4, -0.2) is 16.8 Å². The lowest BCUT2D eigenvalue weighted by Crippen LogP contribution is -1.96. The second-order valence-corrected chi connectivity index (χ2v) is 4.56. The molecule has 5 heteroatoms. The van der Waals surface area contributed by atoms with Gasteiger partial charge in [-0.3, -0.25) is 0 Å². The Kier molecular flexibility index (Phi) is 4.34. The lowest BCUT2D eigenvalue weighted by molar-refractivity contribution is 0.264. The van der Waals surface area contributed by atoms with Gasteiger partial charge in [0.2, 0.25) is 5.89 Å². The monoisotopic (exact) mass is 296 g/mol. The van der Waals surface area contributed by atoms with E-state index in [1.54, 1.807) is 0 Å². The maximum Gasteiger partial charge on any atom is 0.254 e. The largest absolute Gasteiger partial charge is 0.494 e. The third kappa shape index (κ3) is 3.44. The van der Waals surface area contributed by atoms with Crippen molar-refractivity contribution in [3.05, 3.63) is 60.5 Å². The van der Waals surface area contributed by atoms with E-state index in [0.717, 1.165) is 17.1 Å². The van der Waals surface area contributed by atoms with Crippen molar-refractivity contribution in [1.29, 1.82) is 0 Å². The first-order chi connectivity index (χ1) is 10.8. The lowest BCUT2D eigenvalue weighted by atomic mass is 10.2. The highest BCUT2D eigenvalue weighted by atomic mass is 16.5. The van der Waals surface area contributed by atoms with Gasteiger partial charge in [0.15, 0.2) is 6.61 Å². The Balaban J connectivity index is 1.61. The minimum atomic E-state index is 0.230. The van der Waals surface area contributed by atoms with Crippen molar-refractivity contribution in [2.45, 2.75) is 13.5 Å². The molecule has 0 atom stereocenters. The number of nitrogens with zero attached hydrogens (tertiary/aromatic N) is 2. The average Bonchev–Trinajstić information content (AvgIpc) is 3.04. The second kappa shape index (κ2) is 6.76. The van der Waals surface area contributed by atoms with Crippen LogP contribution in [0.15, 0.2) is 59.0 Å². The third-order valence-electron chi connectivity index (χ3n) is 2.98. The number of hydrogen-bond donors (Lipinski definition) is 0. The average molecular weight is 296 g/mol. The molecule has 22 heavy (non-hydrogen) atoms. The number of rotatable bonds is 6. The van der Waals surface area contributed by atoms with Crippen LogP contribution >= 0.6 is 0 Å². The van der Waals surface area contributed by atoms with Gasteiger partial charge in [-0.25, -0.2) is 0 Å². The summed E-state index contributed by atoms with van der Waals surface area (Å²) in [6, 6.07) is 17.1. The molecule has 3 rings (SSSR count). The fraction of sp³-hybridized carbons (Fsp3) is 0.176. The molecule has 5 nitrogen and oxygen atoms in total. The number of aromatic nitrogens is 2. The summed E-state index contributed by atoms with van der Waals surface area (Å²) in [5, 5.41) is 8.01. The summed E-state index contributed by atoms with van der Waals surface area (Å²) >= 11 is 0. The zero-order chi connectivity index (χ0) is 15.2. The molecule has 1 heterocycles. The van der Waals surface area contributed by atoms with Crippen molar-refractivity contribution in [2.24, 2.45) is 0 Å². The molecule has 0 fully saturated rings. The smallest absolute Gasteiger partial charge is 0.254 e. The normalized spacial score (nSPS) is 10.4. The summed E-state index contributed by atoms with van der Waals surface area (Å²) in [6.07, 6.45) is 0. The molecule has 0 saturated heterocycles. The van der Waals surface area contributed by atoms with Crippen LogP contribution in [0.3, 0.4) is 0 Å². The first-order valence-electron chi connectivity index (χ1n) is 7.08. The molecule has 0 spiro atoms. The van der Waals surface area contributed by atoms with E-state index in [1.165, 1.54) is 0 Å². The second-order valence-electron chi connectivity index (χ2n) is 4.56. The van der Waals surface area contributed by atoms with Crippen LogP contribution in [-0.2, 0) is 6.61 Å². The van der Waals surface area contributed by atoms with Crippen LogP contribution in [0.1, 0.15) is 12.8 Å². The number of benzene rings is 2. The number of hydrogen-bond acceptors (Lipinski definition) is 5. The molecular formula is C17H16N2O3. The van der Waals surface area contributed by atoms with Crippen LogP contribution in [0, 0.1) is 0 Å². The molecule has 1 aromatic heterocycles. The van der Waals surface area contributed by atoms with Crippen molar-refractivity contribution in [3.63, 3.8) is 0 Å². The minimum absolute atomic E-state index is 0.230. The molecule has 0 bridgehead atoms. The van der Waals surface area contributed by atoms with Gasteiger partial charge in [-0.15, -0.1) is 10.2 Å². The Morgan fingerprint density at radius 1 is 0.864 bits per heavy atom.